The second-order valence-corrected chi connectivity index (χ2v) is 3.64. The Morgan fingerprint density at radius 3 is 2.60 bits per heavy atom. The highest BCUT2D eigenvalue weighted by Crippen LogP contribution is 2.41. The molecule has 0 amide bonds. The van der Waals surface area contributed by atoms with Gasteiger partial charge in [-0.1, -0.05) is 20.4 Å². The van der Waals surface area contributed by atoms with Gasteiger partial charge in [-0.15, -0.1) is 0 Å². The van der Waals surface area contributed by atoms with Crippen LogP contribution < -0.4 is 0 Å². The van der Waals surface area contributed by atoms with Crippen LogP contribution in [0, 0.1) is 0 Å². The van der Waals surface area contributed by atoms with Crippen LogP contribution in [0.15, 0.2) is 12.2 Å². The van der Waals surface area contributed by atoms with Gasteiger partial charge in [-0.25, -0.2) is 4.79 Å². The van der Waals surface area contributed by atoms with E-state index < -0.39 is 11.9 Å². The molecule has 1 rings (SSSR count). The lowest BCUT2D eigenvalue weighted by molar-refractivity contribution is -0.222. The molecule has 0 N–H and O–H groups in total. The molecule has 4 heteroatoms. The van der Waals surface area contributed by atoms with Gasteiger partial charge < -0.3 is 14.2 Å². The standard InChI is InChI=1S/C11H18O4/c1-5-7-13-11(9(6-2)14-11)15-10(12)8(3)4/h9H,3,5-7H2,1-2,4H3. The average molecular weight is 214 g/mol. The van der Waals surface area contributed by atoms with Crippen molar-refractivity contribution in [2.45, 2.75) is 45.7 Å². The predicted octanol–water partition coefficient (Wildman–Crippen LogP) is 1.99. The summed E-state index contributed by atoms with van der Waals surface area (Å²) in [6.45, 7) is 9.56. The van der Waals surface area contributed by atoms with Gasteiger partial charge in [0.1, 0.15) is 0 Å². The fourth-order valence-corrected chi connectivity index (χ4v) is 1.20. The summed E-state index contributed by atoms with van der Waals surface area (Å²) in [6, 6.07) is 0. The first-order valence-corrected chi connectivity index (χ1v) is 5.26. The van der Waals surface area contributed by atoms with Crippen molar-refractivity contribution in [2.24, 2.45) is 0 Å². The van der Waals surface area contributed by atoms with Gasteiger partial charge in [0.2, 0.25) is 0 Å². The van der Waals surface area contributed by atoms with Crippen molar-refractivity contribution in [1.29, 1.82) is 0 Å². The average Bonchev–Trinajstić information content (AvgIpc) is 2.89. The molecule has 1 heterocycles. The largest absolute Gasteiger partial charge is 0.402 e. The van der Waals surface area contributed by atoms with Crippen LogP contribution in [0.25, 0.3) is 0 Å². The maximum absolute atomic E-state index is 11.3. The van der Waals surface area contributed by atoms with Gasteiger partial charge in [0, 0.05) is 5.57 Å². The second kappa shape index (κ2) is 4.77. The number of carbonyl (C=O) groups is 1. The molecular weight excluding hydrogens is 196 g/mol. The molecule has 0 spiro atoms. The highest BCUT2D eigenvalue weighted by Gasteiger charge is 2.61. The Hall–Kier alpha value is -0.870. The first-order chi connectivity index (χ1) is 7.05. The smallest absolute Gasteiger partial charge is 0.358 e. The third-order valence-electron chi connectivity index (χ3n) is 2.11. The van der Waals surface area contributed by atoms with Crippen LogP contribution >= 0.6 is 0 Å². The van der Waals surface area contributed by atoms with Gasteiger partial charge in [0.25, 0.3) is 0 Å². The van der Waals surface area contributed by atoms with Crippen molar-refractivity contribution in [3.05, 3.63) is 12.2 Å². The Morgan fingerprint density at radius 2 is 2.20 bits per heavy atom. The fraction of sp³-hybridized carbons (Fsp3) is 0.727. The quantitative estimate of drug-likeness (QED) is 0.293. The van der Waals surface area contributed by atoms with E-state index in [1.165, 1.54) is 0 Å². The SMILES string of the molecule is C=C(C)C(=O)OC1(OCCC)OC1CC. The van der Waals surface area contributed by atoms with Crippen LogP contribution in [0.3, 0.4) is 0 Å². The van der Waals surface area contributed by atoms with Crippen LogP contribution in [0.5, 0.6) is 0 Å². The lowest BCUT2D eigenvalue weighted by atomic mass is 10.3. The lowest BCUT2D eigenvalue weighted by Gasteiger charge is -2.14. The summed E-state index contributed by atoms with van der Waals surface area (Å²) in [4.78, 5) is 11.3. The number of rotatable bonds is 6. The topological polar surface area (TPSA) is 48.1 Å². The highest BCUT2D eigenvalue weighted by atomic mass is 17.0. The second-order valence-electron chi connectivity index (χ2n) is 3.64. The van der Waals surface area contributed by atoms with E-state index >= 15 is 0 Å². The monoisotopic (exact) mass is 214 g/mol. The molecule has 0 radical (unpaired) electrons. The van der Waals surface area contributed by atoms with E-state index in [1.807, 2.05) is 13.8 Å². The number of epoxide rings is 1. The molecule has 0 aromatic rings. The molecule has 1 aliphatic rings. The zero-order valence-corrected chi connectivity index (χ0v) is 9.54. The van der Waals surface area contributed by atoms with Crippen molar-refractivity contribution in [3.63, 3.8) is 0 Å². The maximum atomic E-state index is 11.3. The third kappa shape index (κ3) is 2.79. The predicted molar refractivity (Wildman–Crippen MR) is 55.0 cm³/mol. The molecule has 15 heavy (non-hydrogen) atoms. The zero-order valence-electron chi connectivity index (χ0n) is 9.54. The minimum atomic E-state index is -1.14. The minimum Gasteiger partial charge on any atom is -0.402 e. The van der Waals surface area contributed by atoms with E-state index in [1.54, 1.807) is 6.92 Å². The summed E-state index contributed by atoms with van der Waals surface area (Å²) >= 11 is 0. The first kappa shape index (κ1) is 12.2. The Bertz CT molecular complexity index is 261. The third-order valence-corrected chi connectivity index (χ3v) is 2.11. The van der Waals surface area contributed by atoms with Crippen LogP contribution in [0.1, 0.15) is 33.6 Å². The summed E-state index contributed by atoms with van der Waals surface area (Å²) in [6.07, 6.45) is 1.46. The number of hydrogen-bond donors (Lipinski definition) is 0. The van der Waals surface area contributed by atoms with E-state index in [0.29, 0.717) is 12.2 Å². The minimum absolute atomic E-state index is 0.146. The van der Waals surface area contributed by atoms with Gasteiger partial charge in [-0.05, 0) is 19.8 Å². The maximum Gasteiger partial charge on any atom is 0.358 e. The van der Waals surface area contributed by atoms with E-state index in [4.69, 9.17) is 14.2 Å². The normalized spacial score (nSPS) is 28.6. The van der Waals surface area contributed by atoms with Gasteiger partial charge in [-0.3, -0.25) is 0 Å². The molecule has 0 saturated carbocycles. The van der Waals surface area contributed by atoms with E-state index in [2.05, 4.69) is 6.58 Å². The van der Waals surface area contributed by atoms with E-state index in [0.717, 1.165) is 12.8 Å². The molecule has 0 aliphatic carbocycles. The van der Waals surface area contributed by atoms with Crippen molar-refractivity contribution >= 4 is 5.97 Å². The summed E-state index contributed by atoms with van der Waals surface area (Å²) in [5.74, 6) is -1.61. The lowest BCUT2D eigenvalue weighted by Crippen LogP contribution is -2.28. The Morgan fingerprint density at radius 1 is 1.53 bits per heavy atom. The number of ether oxygens (including phenoxy) is 3. The summed E-state index contributed by atoms with van der Waals surface area (Å²) in [7, 11) is 0. The number of esters is 1. The molecule has 2 atom stereocenters. The fourth-order valence-electron chi connectivity index (χ4n) is 1.20. The molecule has 1 aliphatic heterocycles. The summed E-state index contributed by atoms with van der Waals surface area (Å²) in [5, 5.41) is 0. The zero-order chi connectivity index (χ0) is 11.5. The Kier molecular flexibility index (Phi) is 3.88. The van der Waals surface area contributed by atoms with E-state index in [-0.39, 0.29) is 6.10 Å². The molecule has 4 nitrogen and oxygen atoms in total. The van der Waals surface area contributed by atoms with Crippen LogP contribution in [0.4, 0.5) is 0 Å². The van der Waals surface area contributed by atoms with Crippen molar-refractivity contribution in [1.82, 2.24) is 0 Å². The van der Waals surface area contributed by atoms with Gasteiger partial charge in [-0.2, -0.15) is 0 Å². The van der Waals surface area contributed by atoms with Crippen LogP contribution in [0.2, 0.25) is 0 Å². The highest BCUT2D eigenvalue weighted by molar-refractivity contribution is 5.87. The number of carbonyl (C=O) groups excluding carboxylic acids is 1. The first-order valence-electron chi connectivity index (χ1n) is 5.26. The van der Waals surface area contributed by atoms with E-state index in [9.17, 15) is 4.79 Å². The molecule has 1 saturated heterocycles. The Labute approximate surface area is 90.2 Å². The molecule has 86 valence electrons. The molecule has 0 aromatic carbocycles. The summed E-state index contributed by atoms with van der Waals surface area (Å²) in [5.41, 5.74) is 0.347. The molecule has 0 bridgehead atoms. The van der Waals surface area contributed by atoms with Crippen molar-refractivity contribution < 1.29 is 19.0 Å². The molecule has 1 fully saturated rings. The van der Waals surface area contributed by atoms with Crippen LogP contribution in [-0.4, -0.2) is 24.7 Å². The van der Waals surface area contributed by atoms with Crippen molar-refractivity contribution in [3.8, 4) is 0 Å². The van der Waals surface area contributed by atoms with Crippen molar-refractivity contribution in [2.75, 3.05) is 6.61 Å². The van der Waals surface area contributed by atoms with Gasteiger partial charge >= 0.3 is 11.9 Å². The number of hydrogen-bond acceptors (Lipinski definition) is 4. The molecule has 0 aromatic heterocycles. The van der Waals surface area contributed by atoms with Gasteiger partial charge in [0.05, 0.1) is 6.61 Å². The molecular formula is C11H18O4. The Balaban J connectivity index is 2.52. The van der Waals surface area contributed by atoms with Crippen LogP contribution in [-0.2, 0) is 19.0 Å². The summed E-state index contributed by atoms with van der Waals surface area (Å²) < 4.78 is 15.8. The molecule has 2 unspecified atom stereocenters. The van der Waals surface area contributed by atoms with Gasteiger partial charge in [0.15, 0.2) is 6.10 Å².